The Hall–Kier alpha value is -2.98. The van der Waals surface area contributed by atoms with Crippen LogP contribution < -0.4 is 4.74 Å². The summed E-state index contributed by atoms with van der Waals surface area (Å²) >= 11 is 5.32. The number of benzene rings is 2. The van der Waals surface area contributed by atoms with E-state index >= 15 is 0 Å². The highest BCUT2D eigenvalue weighted by atomic mass is 35.5. The first-order valence-corrected chi connectivity index (χ1v) is 9.79. The highest BCUT2D eigenvalue weighted by Gasteiger charge is 2.62. The molecule has 0 spiro atoms. The number of esters is 1. The number of hydrogen-bond acceptors (Lipinski definition) is 4. The van der Waals surface area contributed by atoms with Crippen LogP contribution in [0.1, 0.15) is 25.5 Å². The molecule has 1 fully saturated rings. The molecular weight excluding hydrogens is 431 g/mol. The maximum absolute atomic E-state index is 12.7. The Balaban J connectivity index is 1.72. The number of halogens is 4. The van der Waals surface area contributed by atoms with Crippen LogP contribution in [0.5, 0.6) is 11.5 Å². The number of nitriles is 1. The zero-order chi connectivity index (χ0) is 22.8. The normalized spacial score (nSPS) is 21.0. The second-order valence-electron chi connectivity index (χ2n) is 7.77. The van der Waals surface area contributed by atoms with Crippen molar-refractivity contribution in [2.75, 3.05) is 0 Å². The Bertz CT molecular complexity index is 1030. The van der Waals surface area contributed by atoms with Gasteiger partial charge in [0.25, 0.3) is 0 Å². The van der Waals surface area contributed by atoms with Crippen LogP contribution in [0.2, 0.25) is 0 Å². The van der Waals surface area contributed by atoms with E-state index in [1.165, 1.54) is 0 Å². The van der Waals surface area contributed by atoms with Gasteiger partial charge in [-0.05, 0) is 35.6 Å². The first kappa shape index (κ1) is 22.7. The molecule has 31 heavy (non-hydrogen) atoms. The number of carbonyl (C=O) groups is 1. The highest BCUT2D eigenvalue weighted by molar-refractivity contribution is 6.30. The van der Waals surface area contributed by atoms with Crippen LogP contribution in [-0.2, 0) is 9.53 Å². The van der Waals surface area contributed by atoms with Gasteiger partial charge in [0.05, 0.1) is 5.92 Å². The van der Waals surface area contributed by atoms with Gasteiger partial charge in [0.2, 0.25) is 6.10 Å². The quantitative estimate of drug-likeness (QED) is 0.469. The predicted octanol–water partition coefficient (Wildman–Crippen LogP) is 6.54. The number of hydrogen-bond donors (Lipinski definition) is 0. The van der Waals surface area contributed by atoms with E-state index in [1.807, 2.05) is 24.3 Å². The molecule has 0 N–H and O–H groups in total. The molecule has 0 bridgehead atoms. The topological polar surface area (TPSA) is 59.3 Å². The maximum Gasteiger partial charge on any atom is 0.426 e. The molecule has 3 atom stereocenters. The monoisotopic (exact) mass is 449 g/mol. The molecule has 8 heteroatoms. The van der Waals surface area contributed by atoms with Crippen molar-refractivity contribution in [2.24, 2.45) is 17.3 Å². The van der Waals surface area contributed by atoms with Crippen molar-refractivity contribution in [3.8, 4) is 17.6 Å². The molecule has 1 aliphatic carbocycles. The number of carbonyl (C=O) groups excluding carboxylic acids is 1. The van der Waals surface area contributed by atoms with E-state index in [4.69, 9.17) is 21.1 Å². The first-order chi connectivity index (χ1) is 14.5. The summed E-state index contributed by atoms with van der Waals surface area (Å²) in [6.45, 7) is 3.30. The van der Waals surface area contributed by atoms with Crippen molar-refractivity contribution in [3.05, 3.63) is 71.3 Å². The SMILES string of the molecule is CC1(C)[C@H](C(=O)O[C@@H](C#N)c2cccc(Oc3ccccc3)c2)[C@@H]1C=C(Cl)C(F)(F)F. The molecule has 3 rings (SSSR count). The number of alkyl halides is 3. The minimum absolute atomic E-state index is 0.392. The zero-order valence-corrected chi connectivity index (χ0v) is 17.4. The second-order valence-corrected chi connectivity index (χ2v) is 8.18. The van der Waals surface area contributed by atoms with Gasteiger partial charge in [0.15, 0.2) is 0 Å². The summed E-state index contributed by atoms with van der Waals surface area (Å²) in [5.41, 5.74) is -0.371. The Kier molecular flexibility index (Phi) is 6.33. The van der Waals surface area contributed by atoms with E-state index in [9.17, 15) is 23.2 Å². The Labute approximate surface area is 182 Å². The summed E-state index contributed by atoms with van der Waals surface area (Å²) in [5, 5.41) is 8.23. The molecule has 0 saturated heterocycles. The minimum Gasteiger partial charge on any atom is -0.457 e. The van der Waals surface area contributed by atoms with Crippen molar-refractivity contribution in [3.63, 3.8) is 0 Å². The number of rotatable bonds is 6. The summed E-state index contributed by atoms with van der Waals surface area (Å²) in [6.07, 6.45) is -5.07. The lowest BCUT2D eigenvalue weighted by Crippen LogP contribution is -2.14. The summed E-state index contributed by atoms with van der Waals surface area (Å²) < 4.78 is 49.2. The van der Waals surface area contributed by atoms with Gasteiger partial charge < -0.3 is 9.47 Å². The van der Waals surface area contributed by atoms with Gasteiger partial charge in [-0.15, -0.1) is 0 Å². The van der Waals surface area contributed by atoms with Gasteiger partial charge >= 0.3 is 12.1 Å². The van der Waals surface area contributed by atoms with Crippen LogP contribution >= 0.6 is 11.6 Å². The van der Waals surface area contributed by atoms with E-state index in [1.54, 1.807) is 50.2 Å². The molecule has 0 aromatic heterocycles. The van der Waals surface area contributed by atoms with Crippen molar-refractivity contribution in [1.82, 2.24) is 0 Å². The lowest BCUT2D eigenvalue weighted by Gasteiger charge is -2.13. The first-order valence-electron chi connectivity index (χ1n) is 9.41. The Morgan fingerprint density at radius 3 is 2.42 bits per heavy atom. The summed E-state index contributed by atoms with van der Waals surface area (Å²) in [4.78, 5) is 12.6. The molecule has 0 amide bonds. The molecule has 2 aromatic carbocycles. The van der Waals surface area contributed by atoms with Gasteiger partial charge in [0.1, 0.15) is 22.6 Å². The molecule has 4 nitrogen and oxygen atoms in total. The molecule has 0 heterocycles. The zero-order valence-electron chi connectivity index (χ0n) is 16.7. The third kappa shape index (κ3) is 5.20. The number of para-hydroxylation sites is 1. The largest absolute Gasteiger partial charge is 0.457 e. The van der Waals surface area contributed by atoms with Gasteiger partial charge in [-0.25, -0.2) is 0 Å². The second kappa shape index (κ2) is 8.64. The molecule has 0 unspecified atom stereocenters. The van der Waals surface area contributed by atoms with E-state index in [0.717, 1.165) is 6.08 Å². The lowest BCUT2D eigenvalue weighted by atomic mass is 10.1. The van der Waals surface area contributed by atoms with Gasteiger partial charge in [-0.2, -0.15) is 18.4 Å². The smallest absolute Gasteiger partial charge is 0.426 e. The van der Waals surface area contributed by atoms with Crippen LogP contribution in [0.4, 0.5) is 13.2 Å². The van der Waals surface area contributed by atoms with Crippen LogP contribution in [0.25, 0.3) is 0 Å². The van der Waals surface area contributed by atoms with Crippen molar-refractivity contribution in [1.29, 1.82) is 5.26 Å². The van der Waals surface area contributed by atoms with Crippen LogP contribution in [0.3, 0.4) is 0 Å². The summed E-state index contributed by atoms with van der Waals surface area (Å²) in [5.74, 6) is -1.27. The third-order valence-corrected chi connectivity index (χ3v) is 5.59. The summed E-state index contributed by atoms with van der Waals surface area (Å²) in [6, 6.07) is 17.4. The number of allylic oxidation sites excluding steroid dienone is 2. The third-order valence-electron chi connectivity index (χ3n) is 5.25. The van der Waals surface area contributed by atoms with Gasteiger partial charge in [-0.3, -0.25) is 4.79 Å². The molecular formula is C23H19ClF3NO3. The van der Waals surface area contributed by atoms with Crippen molar-refractivity contribution < 1.29 is 27.4 Å². The van der Waals surface area contributed by atoms with Crippen LogP contribution in [0, 0.1) is 28.6 Å². The molecule has 2 aromatic rings. The summed E-state index contributed by atoms with van der Waals surface area (Å²) in [7, 11) is 0. The van der Waals surface area contributed by atoms with Crippen LogP contribution in [0.15, 0.2) is 65.7 Å². The number of ether oxygens (including phenoxy) is 2. The molecule has 0 aliphatic heterocycles. The molecule has 1 saturated carbocycles. The predicted molar refractivity (Wildman–Crippen MR) is 108 cm³/mol. The van der Waals surface area contributed by atoms with Crippen molar-refractivity contribution in [2.45, 2.75) is 26.1 Å². The van der Waals surface area contributed by atoms with Gasteiger partial charge in [0, 0.05) is 5.56 Å². The van der Waals surface area contributed by atoms with E-state index in [-0.39, 0.29) is 0 Å². The maximum atomic E-state index is 12.7. The van der Waals surface area contributed by atoms with Crippen LogP contribution in [-0.4, -0.2) is 12.1 Å². The fourth-order valence-corrected chi connectivity index (χ4v) is 3.55. The average Bonchev–Trinajstić information content (AvgIpc) is 3.26. The average molecular weight is 450 g/mol. The van der Waals surface area contributed by atoms with Crippen molar-refractivity contribution >= 4 is 17.6 Å². The Morgan fingerprint density at radius 1 is 1.16 bits per heavy atom. The lowest BCUT2D eigenvalue weighted by molar-refractivity contribution is -0.149. The molecule has 1 aliphatic rings. The standard InChI is InChI=1S/C23H19ClF3NO3/c1-22(2)17(12-19(24)23(25,26)27)20(22)21(29)31-18(13-28)14-7-6-10-16(11-14)30-15-8-4-3-5-9-15/h3-12,17-18,20H,1-2H3/t17-,18-,20-/m0/s1. The number of nitrogens with zero attached hydrogens (tertiary/aromatic N) is 1. The Morgan fingerprint density at radius 2 is 1.81 bits per heavy atom. The fraction of sp³-hybridized carbons (Fsp3) is 0.304. The van der Waals surface area contributed by atoms with Gasteiger partial charge in [-0.1, -0.05) is 61.9 Å². The van der Waals surface area contributed by atoms with E-state index in [2.05, 4.69) is 0 Å². The molecule has 0 radical (unpaired) electrons. The fourth-order valence-electron chi connectivity index (χ4n) is 3.42. The highest BCUT2D eigenvalue weighted by Crippen LogP contribution is 2.60. The van der Waals surface area contributed by atoms with E-state index in [0.29, 0.717) is 17.1 Å². The molecule has 162 valence electrons. The minimum atomic E-state index is -4.68. The van der Waals surface area contributed by atoms with E-state index < -0.39 is 40.5 Å².